The van der Waals surface area contributed by atoms with Gasteiger partial charge in [-0.3, -0.25) is 19.1 Å². The molecule has 0 radical (unpaired) electrons. The highest BCUT2D eigenvalue weighted by molar-refractivity contribution is 7.72. The number of carbonyl (C=O) groups is 2. The van der Waals surface area contributed by atoms with Crippen LogP contribution < -0.4 is 0 Å². The molecule has 23 heavy (non-hydrogen) atoms. The number of nitrogens with zero attached hydrogens (tertiary/aromatic N) is 2. The fourth-order valence-electron chi connectivity index (χ4n) is 2.36. The summed E-state index contributed by atoms with van der Waals surface area (Å²) >= 11 is 0. The molecule has 1 aromatic rings. The average molecular weight is 340 g/mol. The zero-order valence-electron chi connectivity index (χ0n) is 12.8. The van der Waals surface area contributed by atoms with Crippen LogP contribution in [-0.4, -0.2) is 48.1 Å². The predicted octanol–water partition coefficient (Wildman–Crippen LogP) is 2.34. The number of carbonyl (C=O) groups excluding carboxylic acids is 2. The van der Waals surface area contributed by atoms with Crippen molar-refractivity contribution in [3.63, 3.8) is 0 Å². The molecule has 1 aromatic carbocycles. The summed E-state index contributed by atoms with van der Waals surface area (Å²) < 4.78 is 21.6. The van der Waals surface area contributed by atoms with Crippen LogP contribution in [0, 0.1) is 0 Å². The third kappa shape index (κ3) is 3.19. The molecule has 0 aliphatic carbocycles. The Hall–Kier alpha value is -2.02. The summed E-state index contributed by atoms with van der Waals surface area (Å²) in [6, 6.07) is 6.58. The molecule has 9 heteroatoms. The van der Waals surface area contributed by atoms with Crippen LogP contribution in [0.3, 0.4) is 0 Å². The zero-order valence-corrected chi connectivity index (χ0v) is 13.7. The summed E-state index contributed by atoms with van der Waals surface area (Å²) in [6.45, 7) is 0.110. The lowest BCUT2D eigenvalue weighted by molar-refractivity contribution is 0.0653. The Morgan fingerprint density at radius 1 is 1.17 bits per heavy atom. The number of imide groups is 1. The van der Waals surface area contributed by atoms with Crippen molar-refractivity contribution in [3.05, 3.63) is 35.4 Å². The van der Waals surface area contributed by atoms with Crippen LogP contribution in [0.25, 0.3) is 0 Å². The van der Waals surface area contributed by atoms with E-state index in [0.717, 1.165) is 4.90 Å². The van der Waals surface area contributed by atoms with Crippen LogP contribution in [0.2, 0.25) is 0 Å². The maximum atomic E-state index is 12.2. The van der Waals surface area contributed by atoms with Crippen molar-refractivity contribution in [1.82, 2.24) is 4.90 Å². The van der Waals surface area contributed by atoms with Gasteiger partial charge in [-0.2, -0.15) is 0 Å². The van der Waals surface area contributed by atoms with E-state index >= 15 is 0 Å². The van der Waals surface area contributed by atoms with Gasteiger partial charge < -0.3 is 14.3 Å². The molecular formula is C14H17N2O6P. The van der Waals surface area contributed by atoms with Crippen molar-refractivity contribution in [2.75, 3.05) is 20.8 Å². The number of hydrogen-bond donors (Lipinski definition) is 1. The van der Waals surface area contributed by atoms with Gasteiger partial charge in [-0.25, -0.2) is 0 Å². The maximum absolute atomic E-state index is 12.2. The van der Waals surface area contributed by atoms with Crippen LogP contribution in [0.15, 0.2) is 29.4 Å². The topological polar surface area (TPSA) is 106 Å². The van der Waals surface area contributed by atoms with Crippen LogP contribution >= 0.6 is 7.60 Å². The third-order valence-electron chi connectivity index (χ3n) is 3.57. The summed E-state index contributed by atoms with van der Waals surface area (Å²) in [5.41, 5.74) is 0.583. The SMILES string of the molecule is COP(=O)(OC)/C(CCCN1C(=O)c2ccccc2C1=O)=N/O. The molecule has 0 unspecified atom stereocenters. The summed E-state index contributed by atoms with van der Waals surface area (Å²) in [6.07, 6.45) is 0.324. The number of fused-ring (bicyclic) bond motifs is 1. The minimum Gasteiger partial charge on any atom is -0.410 e. The Balaban J connectivity index is 2.02. The molecule has 0 fully saturated rings. The Labute approximate surface area is 133 Å². The Bertz CT molecular complexity index is 659. The van der Waals surface area contributed by atoms with E-state index in [1.807, 2.05) is 0 Å². The highest BCUT2D eigenvalue weighted by Gasteiger charge is 2.35. The molecule has 2 amide bonds. The van der Waals surface area contributed by atoms with Crippen molar-refractivity contribution in [1.29, 1.82) is 0 Å². The Morgan fingerprint density at radius 2 is 1.70 bits per heavy atom. The number of benzene rings is 1. The molecule has 0 atom stereocenters. The van der Waals surface area contributed by atoms with Gasteiger partial charge in [-0.1, -0.05) is 17.3 Å². The average Bonchev–Trinajstić information content (AvgIpc) is 2.83. The lowest BCUT2D eigenvalue weighted by atomic mass is 10.1. The van der Waals surface area contributed by atoms with Crippen LogP contribution in [0.5, 0.6) is 0 Å². The van der Waals surface area contributed by atoms with Gasteiger partial charge in [0.2, 0.25) is 0 Å². The van der Waals surface area contributed by atoms with Gasteiger partial charge in [-0.15, -0.1) is 0 Å². The molecule has 1 heterocycles. The van der Waals surface area contributed by atoms with E-state index in [-0.39, 0.29) is 36.7 Å². The molecule has 2 rings (SSSR count). The van der Waals surface area contributed by atoms with Crippen LogP contribution in [-0.2, 0) is 13.6 Å². The van der Waals surface area contributed by atoms with Crippen molar-refractivity contribution < 1.29 is 28.4 Å². The van der Waals surface area contributed by atoms with E-state index in [9.17, 15) is 14.2 Å². The van der Waals surface area contributed by atoms with E-state index < -0.39 is 7.60 Å². The van der Waals surface area contributed by atoms with Gasteiger partial charge >= 0.3 is 7.60 Å². The summed E-state index contributed by atoms with van der Waals surface area (Å²) in [5.74, 6) is -0.732. The van der Waals surface area contributed by atoms with E-state index in [2.05, 4.69) is 5.16 Å². The molecule has 1 aliphatic rings. The largest absolute Gasteiger partial charge is 0.410 e. The normalized spacial score (nSPS) is 15.2. The maximum Gasteiger partial charge on any atom is 0.378 e. The molecule has 0 spiro atoms. The second kappa shape index (κ2) is 7.04. The molecule has 0 aromatic heterocycles. The van der Waals surface area contributed by atoms with E-state index in [1.165, 1.54) is 14.2 Å². The fourth-order valence-corrected chi connectivity index (χ4v) is 3.48. The fraction of sp³-hybridized carbons (Fsp3) is 0.357. The molecule has 8 nitrogen and oxygen atoms in total. The minimum absolute atomic E-state index is 0.0584. The van der Waals surface area contributed by atoms with Gasteiger partial charge in [0.25, 0.3) is 11.8 Å². The predicted molar refractivity (Wildman–Crippen MR) is 81.9 cm³/mol. The lowest BCUT2D eigenvalue weighted by Gasteiger charge is -2.16. The number of oxime groups is 1. The molecule has 1 aliphatic heterocycles. The first-order valence-electron chi connectivity index (χ1n) is 6.86. The van der Waals surface area contributed by atoms with E-state index in [1.54, 1.807) is 24.3 Å². The Kier molecular flexibility index (Phi) is 5.30. The molecule has 1 N–H and O–H groups in total. The quantitative estimate of drug-likeness (QED) is 0.268. The second-order valence-corrected chi connectivity index (χ2v) is 7.03. The third-order valence-corrected chi connectivity index (χ3v) is 5.48. The molecule has 0 bridgehead atoms. The van der Waals surface area contributed by atoms with Gasteiger partial charge in [0.05, 0.1) is 11.1 Å². The summed E-state index contributed by atoms with van der Waals surface area (Å²) in [5, 5.41) is 11.9. The molecule has 0 saturated heterocycles. The number of amides is 2. The summed E-state index contributed by atoms with van der Waals surface area (Å²) in [7, 11) is -1.27. The first kappa shape index (κ1) is 17.3. The number of hydrogen-bond acceptors (Lipinski definition) is 7. The molecule has 0 saturated carbocycles. The van der Waals surface area contributed by atoms with Crippen molar-refractivity contribution in [2.45, 2.75) is 12.8 Å². The highest BCUT2D eigenvalue weighted by Crippen LogP contribution is 2.49. The minimum atomic E-state index is -3.63. The van der Waals surface area contributed by atoms with Crippen molar-refractivity contribution in [3.8, 4) is 0 Å². The monoisotopic (exact) mass is 340 g/mol. The highest BCUT2D eigenvalue weighted by atomic mass is 31.2. The van der Waals surface area contributed by atoms with Crippen LogP contribution in [0.1, 0.15) is 33.6 Å². The van der Waals surface area contributed by atoms with Gasteiger partial charge in [0.15, 0.2) is 5.45 Å². The van der Waals surface area contributed by atoms with E-state index in [4.69, 9.17) is 14.3 Å². The van der Waals surface area contributed by atoms with Crippen molar-refractivity contribution in [2.24, 2.45) is 5.16 Å². The zero-order chi connectivity index (χ0) is 17.0. The van der Waals surface area contributed by atoms with Gasteiger partial charge in [0.1, 0.15) is 0 Å². The first-order chi connectivity index (χ1) is 11.0. The smallest absolute Gasteiger partial charge is 0.378 e. The van der Waals surface area contributed by atoms with Gasteiger partial charge in [-0.05, 0) is 18.6 Å². The molecular weight excluding hydrogens is 323 g/mol. The van der Waals surface area contributed by atoms with E-state index in [0.29, 0.717) is 11.1 Å². The van der Waals surface area contributed by atoms with Gasteiger partial charge in [0, 0.05) is 27.2 Å². The number of rotatable bonds is 7. The molecule has 124 valence electrons. The van der Waals surface area contributed by atoms with Crippen molar-refractivity contribution >= 4 is 24.9 Å². The standard InChI is InChI=1S/C14H17N2O6P/c1-21-23(20,22-2)12(15-19)8-5-9-16-13(17)10-6-3-4-7-11(10)14(16)18/h3-4,6-7,19H,5,8-9H2,1-2H3/b15-12+. The van der Waals surface area contributed by atoms with Crippen LogP contribution in [0.4, 0.5) is 0 Å². The first-order valence-corrected chi connectivity index (χ1v) is 8.41. The second-order valence-electron chi connectivity index (χ2n) is 4.79. The summed E-state index contributed by atoms with van der Waals surface area (Å²) in [4.78, 5) is 25.5. The Morgan fingerprint density at radius 3 is 2.13 bits per heavy atom. The lowest BCUT2D eigenvalue weighted by Crippen LogP contribution is -2.31.